The molecule has 4 nitrogen and oxygen atoms in total. The molecular formula is C14H22BrClO4. The number of esters is 1. The highest BCUT2D eigenvalue weighted by molar-refractivity contribution is 9.09. The lowest BCUT2D eigenvalue weighted by atomic mass is 9.97. The second-order valence-electron chi connectivity index (χ2n) is 6.06. The zero-order chi connectivity index (χ0) is 15.3. The molecule has 20 heavy (non-hydrogen) atoms. The predicted octanol–water partition coefficient (Wildman–Crippen LogP) is 3.08. The number of hydrogen-bond donors (Lipinski definition) is 0. The molecule has 0 spiro atoms. The second-order valence-corrected chi connectivity index (χ2v) is 7.79. The molecular weight excluding hydrogens is 348 g/mol. The van der Waals surface area contributed by atoms with E-state index in [0.717, 1.165) is 12.7 Å². The molecule has 0 amide bonds. The molecule has 1 saturated heterocycles. The third kappa shape index (κ3) is 5.34. The smallest absolute Gasteiger partial charge is 0.311 e. The van der Waals surface area contributed by atoms with Crippen LogP contribution in [0.2, 0.25) is 0 Å². The van der Waals surface area contributed by atoms with Crippen molar-refractivity contribution in [2.24, 2.45) is 5.41 Å². The van der Waals surface area contributed by atoms with Gasteiger partial charge in [0.2, 0.25) is 0 Å². The van der Waals surface area contributed by atoms with Crippen LogP contribution in [0, 0.1) is 5.41 Å². The minimum Gasteiger partial charge on any atom is -0.465 e. The predicted molar refractivity (Wildman–Crippen MR) is 81.3 cm³/mol. The Labute approximate surface area is 133 Å². The van der Waals surface area contributed by atoms with Crippen LogP contribution in [0.15, 0.2) is 0 Å². The number of rotatable bonds is 5. The molecule has 1 aliphatic rings. The summed E-state index contributed by atoms with van der Waals surface area (Å²) in [6.45, 7) is 5.76. The molecule has 1 aliphatic heterocycles. The van der Waals surface area contributed by atoms with E-state index in [4.69, 9.17) is 21.1 Å². The fraction of sp³-hybridized carbons (Fsp3) is 0.857. The average Bonchev–Trinajstić information content (AvgIpc) is 2.33. The summed E-state index contributed by atoms with van der Waals surface area (Å²) < 4.78 is 11.1. The van der Waals surface area contributed by atoms with Crippen molar-refractivity contribution in [1.29, 1.82) is 0 Å². The van der Waals surface area contributed by atoms with Gasteiger partial charge in [-0.15, -0.1) is 11.6 Å². The van der Waals surface area contributed by atoms with E-state index in [-0.39, 0.29) is 28.4 Å². The average molecular weight is 370 g/mol. The Kier molecular flexibility index (Phi) is 6.95. The van der Waals surface area contributed by atoms with Gasteiger partial charge in [-0.3, -0.25) is 4.79 Å². The van der Waals surface area contributed by atoms with Gasteiger partial charge in [0.15, 0.2) is 0 Å². The maximum Gasteiger partial charge on any atom is 0.311 e. The van der Waals surface area contributed by atoms with Crippen LogP contribution in [0.4, 0.5) is 0 Å². The number of alkyl halides is 2. The highest BCUT2D eigenvalue weighted by Gasteiger charge is 2.35. The topological polar surface area (TPSA) is 52.6 Å². The zero-order valence-electron chi connectivity index (χ0n) is 12.1. The molecule has 0 aromatic carbocycles. The van der Waals surface area contributed by atoms with Gasteiger partial charge in [0.1, 0.15) is 6.29 Å². The summed E-state index contributed by atoms with van der Waals surface area (Å²) in [5.74, 6) is -0.223. The van der Waals surface area contributed by atoms with E-state index in [1.807, 2.05) is 20.8 Å². The van der Waals surface area contributed by atoms with Crippen LogP contribution in [-0.4, -0.2) is 41.3 Å². The molecule has 0 radical (unpaired) electrons. The highest BCUT2D eigenvalue weighted by atomic mass is 79.9. The molecule has 1 rings (SSSR count). The minimum atomic E-state index is -0.498. The quantitative estimate of drug-likeness (QED) is 0.424. The third-order valence-electron chi connectivity index (χ3n) is 3.18. The fourth-order valence-corrected chi connectivity index (χ4v) is 3.31. The van der Waals surface area contributed by atoms with Crippen molar-refractivity contribution in [3.05, 3.63) is 0 Å². The Morgan fingerprint density at radius 1 is 1.45 bits per heavy atom. The van der Waals surface area contributed by atoms with Gasteiger partial charge in [-0.05, 0) is 27.2 Å². The molecule has 4 atom stereocenters. The number of hydrogen-bond acceptors (Lipinski definition) is 4. The Morgan fingerprint density at radius 2 is 2.10 bits per heavy atom. The molecule has 0 aliphatic carbocycles. The number of aldehydes is 1. The van der Waals surface area contributed by atoms with Gasteiger partial charge < -0.3 is 14.3 Å². The lowest BCUT2D eigenvalue weighted by molar-refractivity contribution is -0.154. The van der Waals surface area contributed by atoms with Gasteiger partial charge in [0.25, 0.3) is 0 Å². The van der Waals surface area contributed by atoms with Crippen molar-refractivity contribution in [3.63, 3.8) is 0 Å². The van der Waals surface area contributed by atoms with Crippen LogP contribution in [0.25, 0.3) is 0 Å². The van der Waals surface area contributed by atoms with Gasteiger partial charge in [-0.2, -0.15) is 0 Å². The minimum absolute atomic E-state index is 0.0947. The van der Waals surface area contributed by atoms with Crippen molar-refractivity contribution in [2.45, 2.75) is 62.4 Å². The Morgan fingerprint density at radius 3 is 2.65 bits per heavy atom. The SMILES string of the molecule is CC(C)(C)C(=O)OCC[C@H]1O[C@@H](CC=O)[C@@H](Cl)C[C@H]1Br. The van der Waals surface area contributed by atoms with E-state index in [1.54, 1.807) is 0 Å². The molecule has 0 N–H and O–H groups in total. The lowest BCUT2D eigenvalue weighted by Gasteiger charge is -2.36. The monoisotopic (exact) mass is 368 g/mol. The third-order valence-corrected chi connectivity index (χ3v) is 4.61. The number of carbonyl (C=O) groups is 2. The summed E-state index contributed by atoms with van der Waals surface area (Å²) >= 11 is 9.71. The first-order valence-electron chi connectivity index (χ1n) is 6.80. The highest BCUT2D eigenvalue weighted by Crippen LogP contribution is 2.31. The van der Waals surface area contributed by atoms with Crippen LogP contribution in [0.3, 0.4) is 0 Å². The van der Waals surface area contributed by atoms with Gasteiger partial charge in [0, 0.05) is 17.7 Å². The first-order chi connectivity index (χ1) is 9.25. The molecule has 1 fully saturated rings. The Hall–Kier alpha value is -0.130. The van der Waals surface area contributed by atoms with Crippen molar-refractivity contribution in [2.75, 3.05) is 6.61 Å². The van der Waals surface area contributed by atoms with E-state index in [0.29, 0.717) is 19.4 Å². The van der Waals surface area contributed by atoms with E-state index in [2.05, 4.69) is 15.9 Å². The van der Waals surface area contributed by atoms with Gasteiger partial charge >= 0.3 is 5.97 Å². The summed E-state index contributed by atoms with van der Waals surface area (Å²) in [6.07, 6.45) is 2.10. The maximum absolute atomic E-state index is 11.7. The summed E-state index contributed by atoms with van der Waals surface area (Å²) in [7, 11) is 0. The van der Waals surface area contributed by atoms with Crippen LogP contribution in [-0.2, 0) is 19.1 Å². The molecule has 1 heterocycles. The van der Waals surface area contributed by atoms with E-state index in [9.17, 15) is 9.59 Å². The van der Waals surface area contributed by atoms with Gasteiger partial charge in [0.05, 0.1) is 29.6 Å². The van der Waals surface area contributed by atoms with Crippen molar-refractivity contribution < 1.29 is 19.1 Å². The Balaban J connectivity index is 2.42. The van der Waals surface area contributed by atoms with Crippen LogP contribution >= 0.6 is 27.5 Å². The zero-order valence-corrected chi connectivity index (χ0v) is 14.4. The molecule has 0 saturated carbocycles. The van der Waals surface area contributed by atoms with E-state index in [1.165, 1.54) is 0 Å². The summed E-state index contributed by atoms with van der Waals surface area (Å²) in [5.41, 5.74) is -0.498. The first kappa shape index (κ1) is 17.9. The number of ether oxygens (including phenoxy) is 2. The van der Waals surface area contributed by atoms with Crippen LogP contribution in [0.5, 0.6) is 0 Å². The van der Waals surface area contributed by atoms with Gasteiger partial charge in [-0.25, -0.2) is 0 Å². The first-order valence-corrected chi connectivity index (χ1v) is 8.15. The van der Waals surface area contributed by atoms with E-state index >= 15 is 0 Å². The van der Waals surface area contributed by atoms with Crippen molar-refractivity contribution in [3.8, 4) is 0 Å². The Bertz CT molecular complexity index is 343. The largest absolute Gasteiger partial charge is 0.465 e. The molecule has 0 bridgehead atoms. The molecule has 116 valence electrons. The standard InChI is InChI=1S/C14H22BrClO4/c1-14(2,3)13(18)19-7-5-11-9(15)8-10(16)12(20-11)4-6-17/h6,9-12H,4-5,7-8H2,1-3H3/t9-,10+,11-,12+/m1/s1. The van der Waals surface area contributed by atoms with Crippen LogP contribution < -0.4 is 0 Å². The normalized spacial score (nSPS) is 30.9. The van der Waals surface area contributed by atoms with E-state index < -0.39 is 5.41 Å². The fourth-order valence-electron chi connectivity index (χ4n) is 1.94. The summed E-state index contributed by atoms with van der Waals surface area (Å²) in [4.78, 5) is 22.4. The number of halogens is 2. The molecule has 0 aromatic heterocycles. The summed E-state index contributed by atoms with van der Waals surface area (Å²) in [6, 6.07) is 0. The molecule has 0 unspecified atom stereocenters. The van der Waals surface area contributed by atoms with Crippen LogP contribution in [0.1, 0.15) is 40.0 Å². The second kappa shape index (κ2) is 7.76. The number of carbonyl (C=O) groups excluding carboxylic acids is 2. The van der Waals surface area contributed by atoms with Crippen molar-refractivity contribution >= 4 is 39.8 Å². The molecule has 6 heteroatoms. The molecule has 0 aromatic rings. The van der Waals surface area contributed by atoms with Gasteiger partial charge in [-0.1, -0.05) is 15.9 Å². The maximum atomic E-state index is 11.7. The van der Waals surface area contributed by atoms with Crippen molar-refractivity contribution in [1.82, 2.24) is 0 Å². The summed E-state index contributed by atoms with van der Waals surface area (Å²) in [5, 5.41) is -0.169. The lowest BCUT2D eigenvalue weighted by Crippen LogP contribution is -2.43.